The maximum atomic E-state index is 13.6. The van der Waals surface area contributed by atoms with Crippen molar-refractivity contribution in [3.63, 3.8) is 0 Å². The average Bonchev–Trinajstić information content (AvgIpc) is 2.50. The van der Waals surface area contributed by atoms with E-state index >= 15 is 0 Å². The molecule has 1 aliphatic carbocycles. The third kappa shape index (κ3) is 3.07. The normalized spacial score (nSPS) is 25.0. The van der Waals surface area contributed by atoms with Crippen molar-refractivity contribution in [3.8, 4) is 0 Å². The van der Waals surface area contributed by atoms with Gasteiger partial charge in [-0.25, -0.2) is 4.39 Å². The van der Waals surface area contributed by atoms with Gasteiger partial charge in [0, 0.05) is 18.1 Å². The average molecular weight is 355 g/mol. The number of ether oxygens (including phenoxy) is 1. The molecule has 1 unspecified atom stereocenters. The molecule has 0 amide bonds. The standard InChI is InChI=1S/C17H20BrFO2/c18-15-13(5-4-6-14(15)19)16(20)12-7-10-21-17(11-12)8-2-1-3-9-17/h4-6,12H,1-3,7-11H2. The number of rotatable bonds is 2. The number of hydrogen-bond donors (Lipinski definition) is 0. The molecule has 0 aromatic heterocycles. The summed E-state index contributed by atoms with van der Waals surface area (Å²) in [6.07, 6.45) is 7.27. The van der Waals surface area contributed by atoms with Crippen molar-refractivity contribution in [1.82, 2.24) is 0 Å². The lowest BCUT2D eigenvalue weighted by Gasteiger charge is -2.43. The van der Waals surface area contributed by atoms with Gasteiger partial charge in [0.1, 0.15) is 5.82 Å². The van der Waals surface area contributed by atoms with E-state index in [0.29, 0.717) is 16.6 Å². The molecule has 3 rings (SSSR count). The molecule has 0 radical (unpaired) electrons. The minimum Gasteiger partial charge on any atom is -0.375 e. The van der Waals surface area contributed by atoms with Crippen molar-refractivity contribution in [2.75, 3.05) is 6.61 Å². The van der Waals surface area contributed by atoms with Crippen molar-refractivity contribution < 1.29 is 13.9 Å². The van der Waals surface area contributed by atoms with Crippen LogP contribution in [0.15, 0.2) is 22.7 Å². The summed E-state index contributed by atoms with van der Waals surface area (Å²) >= 11 is 3.21. The SMILES string of the molecule is O=C(c1cccc(F)c1Br)C1CCOC2(CCCCC2)C1. The molecular formula is C17H20BrFO2. The van der Waals surface area contributed by atoms with Crippen LogP contribution in [0.4, 0.5) is 4.39 Å². The fraction of sp³-hybridized carbons (Fsp3) is 0.588. The Balaban J connectivity index is 1.79. The van der Waals surface area contributed by atoms with Crippen LogP contribution in [-0.4, -0.2) is 18.0 Å². The first-order valence-corrected chi connectivity index (χ1v) is 8.53. The van der Waals surface area contributed by atoms with Crippen LogP contribution in [0.1, 0.15) is 55.3 Å². The van der Waals surface area contributed by atoms with E-state index < -0.39 is 0 Å². The van der Waals surface area contributed by atoms with E-state index in [0.717, 1.165) is 25.7 Å². The van der Waals surface area contributed by atoms with Gasteiger partial charge in [-0.1, -0.05) is 31.4 Å². The Hall–Kier alpha value is -0.740. The predicted octanol–water partition coefficient (Wildman–Crippen LogP) is 4.90. The number of halogens is 2. The lowest BCUT2D eigenvalue weighted by Crippen LogP contribution is -2.43. The first kappa shape index (κ1) is 15.2. The second-order valence-electron chi connectivity index (χ2n) is 6.25. The largest absolute Gasteiger partial charge is 0.375 e. The molecule has 1 aromatic rings. The fourth-order valence-electron chi connectivity index (χ4n) is 3.71. The van der Waals surface area contributed by atoms with E-state index in [9.17, 15) is 9.18 Å². The number of benzene rings is 1. The van der Waals surface area contributed by atoms with Crippen LogP contribution in [0.25, 0.3) is 0 Å². The zero-order chi connectivity index (χ0) is 14.9. The number of ketones is 1. The Labute approximate surface area is 133 Å². The van der Waals surface area contributed by atoms with Gasteiger partial charge in [0.25, 0.3) is 0 Å². The topological polar surface area (TPSA) is 26.3 Å². The minimum atomic E-state index is -0.375. The third-order valence-corrected chi connectivity index (χ3v) is 5.65. The summed E-state index contributed by atoms with van der Waals surface area (Å²) in [4.78, 5) is 12.7. The Morgan fingerprint density at radius 3 is 2.81 bits per heavy atom. The van der Waals surface area contributed by atoms with Crippen LogP contribution in [0.3, 0.4) is 0 Å². The Morgan fingerprint density at radius 1 is 1.29 bits per heavy atom. The highest BCUT2D eigenvalue weighted by molar-refractivity contribution is 9.10. The summed E-state index contributed by atoms with van der Waals surface area (Å²) in [5.74, 6) is -0.370. The molecule has 1 spiro atoms. The second-order valence-corrected chi connectivity index (χ2v) is 7.04. The van der Waals surface area contributed by atoms with E-state index in [2.05, 4.69) is 15.9 Å². The summed E-state index contributed by atoms with van der Waals surface area (Å²) in [5.41, 5.74) is 0.365. The quantitative estimate of drug-likeness (QED) is 0.706. The van der Waals surface area contributed by atoms with Gasteiger partial charge in [-0.05, 0) is 47.7 Å². The smallest absolute Gasteiger partial charge is 0.167 e. The molecule has 2 nitrogen and oxygen atoms in total. The maximum Gasteiger partial charge on any atom is 0.167 e. The second kappa shape index (κ2) is 6.17. The molecule has 1 saturated carbocycles. The van der Waals surface area contributed by atoms with Gasteiger partial charge in [0.15, 0.2) is 5.78 Å². The van der Waals surface area contributed by atoms with Crippen molar-refractivity contribution >= 4 is 21.7 Å². The van der Waals surface area contributed by atoms with Gasteiger partial charge < -0.3 is 4.74 Å². The van der Waals surface area contributed by atoms with E-state index in [-0.39, 0.29) is 23.1 Å². The highest BCUT2D eigenvalue weighted by Crippen LogP contribution is 2.42. The summed E-state index contributed by atoms with van der Waals surface area (Å²) in [5, 5.41) is 0. The highest BCUT2D eigenvalue weighted by atomic mass is 79.9. The number of hydrogen-bond acceptors (Lipinski definition) is 2. The molecule has 114 valence electrons. The lowest BCUT2D eigenvalue weighted by atomic mass is 9.74. The Morgan fingerprint density at radius 2 is 2.05 bits per heavy atom. The molecule has 21 heavy (non-hydrogen) atoms. The van der Waals surface area contributed by atoms with Crippen LogP contribution in [0.2, 0.25) is 0 Å². The maximum absolute atomic E-state index is 13.6. The molecule has 0 bridgehead atoms. The first-order chi connectivity index (χ1) is 10.1. The molecular weight excluding hydrogens is 335 g/mol. The Kier molecular flexibility index (Phi) is 4.46. The molecule has 0 N–H and O–H groups in total. The van der Waals surface area contributed by atoms with Crippen molar-refractivity contribution in [3.05, 3.63) is 34.1 Å². The fourth-order valence-corrected chi connectivity index (χ4v) is 4.17. The molecule has 1 saturated heterocycles. The zero-order valence-electron chi connectivity index (χ0n) is 12.0. The van der Waals surface area contributed by atoms with Crippen LogP contribution in [0, 0.1) is 11.7 Å². The van der Waals surface area contributed by atoms with Crippen LogP contribution < -0.4 is 0 Å². The molecule has 4 heteroatoms. The summed E-state index contributed by atoms with van der Waals surface area (Å²) in [7, 11) is 0. The summed E-state index contributed by atoms with van der Waals surface area (Å²) in [6.45, 7) is 0.642. The van der Waals surface area contributed by atoms with Gasteiger partial charge >= 0.3 is 0 Å². The lowest BCUT2D eigenvalue weighted by molar-refractivity contribution is -0.111. The van der Waals surface area contributed by atoms with Crippen LogP contribution in [-0.2, 0) is 4.74 Å². The van der Waals surface area contributed by atoms with E-state index in [1.165, 1.54) is 25.3 Å². The molecule has 2 fully saturated rings. The van der Waals surface area contributed by atoms with Gasteiger partial charge in [0.05, 0.1) is 10.1 Å². The van der Waals surface area contributed by atoms with Crippen molar-refractivity contribution in [2.24, 2.45) is 5.92 Å². The Bertz CT molecular complexity index is 532. The highest BCUT2D eigenvalue weighted by Gasteiger charge is 2.41. The number of Topliss-reactive ketones (excluding diaryl/α,β-unsaturated/α-hetero) is 1. The molecule has 1 atom stereocenters. The summed E-state index contributed by atoms with van der Waals surface area (Å²) in [6, 6.07) is 4.68. The van der Waals surface area contributed by atoms with E-state index in [1.54, 1.807) is 12.1 Å². The predicted molar refractivity (Wildman–Crippen MR) is 82.9 cm³/mol. The van der Waals surface area contributed by atoms with Gasteiger partial charge in [0.2, 0.25) is 0 Å². The van der Waals surface area contributed by atoms with Gasteiger partial charge in [-0.15, -0.1) is 0 Å². The molecule has 1 heterocycles. The van der Waals surface area contributed by atoms with Crippen molar-refractivity contribution in [2.45, 2.75) is 50.5 Å². The van der Waals surface area contributed by atoms with Crippen LogP contribution >= 0.6 is 15.9 Å². The third-order valence-electron chi connectivity index (χ3n) is 4.85. The molecule has 1 aromatic carbocycles. The summed E-state index contributed by atoms with van der Waals surface area (Å²) < 4.78 is 20.0. The molecule has 1 aliphatic heterocycles. The van der Waals surface area contributed by atoms with Crippen LogP contribution in [0.5, 0.6) is 0 Å². The van der Waals surface area contributed by atoms with E-state index in [1.807, 2.05) is 0 Å². The van der Waals surface area contributed by atoms with Gasteiger partial charge in [-0.2, -0.15) is 0 Å². The minimum absolute atomic E-state index is 0.0463. The zero-order valence-corrected chi connectivity index (χ0v) is 13.6. The first-order valence-electron chi connectivity index (χ1n) is 7.73. The molecule has 2 aliphatic rings. The number of carbonyl (C=O) groups is 1. The number of carbonyl (C=O) groups excluding carboxylic acids is 1. The van der Waals surface area contributed by atoms with E-state index in [4.69, 9.17) is 4.74 Å². The monoisotopic (exact) mass is 354 g/mol. The van der Waals surface area contributed by atoms with Crippen molar-refractivity contribution in [1.29, 1.82) is 0 Å². The van der Waals surface area contributed by atoms with Gasteiger partial charge in [-0.3, -0.25) is 4.79 Å².